The van der Waals surface area contributed by atoms with E-state index < -0.39 is 35.3 Å². The molecule has 2 aliphatic rings. The molecule has 2 amide bonds. The second-order valence-electron chi connectivity index (χ2n) is 15.1. The lowest BCUT2D eigenvalue weighted by Crippen LogP contribution is -2.48. The summed E-state index contributed by atoms with van der Waals surface area (Å²) < 4.78 is 19.9. The first kappa shape index (κ1) is 36.5. The van der Waals surface area contributed by atoms with Crippen molar-refractivity contribution in [3.05, 3.63) is 34.7 Å². The summed E-state index contributed by atoms with van der Waals surface area (Å²) in [5, 5.41) is 0. The number of aromatic nitrogens is 2. The number of carbonyl (C=O) groups excluding carboxylic acids is 3. The minimum atomic E-state index is -0.845. The molecule has 11 nitrogen and oxygen atoms in total. The molecule has 1 aromatic heterocycles. The summed E-state index contributed by atoms with van der Waals surface area (Å²) in [5.74, 6) is -0.170. The van der Waals surface area contributed by atoms with Gasteiger partial charge < -0.3 is 19.1 Å². The Bertz CT molecular complexity index is 1400. The smallest absolute Gasteiger partial charge is 0.419 e. The zero-order valence-electron chi connectivity index (χ0n) is 29.6. The van der Waals surface area contributed by atoms with Crippen LogP contribution in [0.2, 0.25) is 0 Å². The van der Waals surface area contributed by atoms with Crippen LogP contribution in [0, 0.1) is 11.8 Å². The number of ether oxygens (including phenoxy) is 3. The Morgan fingerprint density at radius 2 is 1.43 bits per heavy atom. The predicted octanol–water partition coefficient (Wildman–Crippen LogP) is 6.76. The van der Waals surface area contributed by atoms with E-state index in [1.165, 1.54) is 44.9 Å². The molecule has 1 saturated carbocycles. The van der Waals surface area contributed by atoms with Crippen LogP contribution in [0.5, 0.6) is 0 Å². The number of amides is 2. The van der Waals surface area contributed by atoms with Crippen molar-refractivity contribution >= 4 is 29.2 Å². The molecule has 4 rings (SSSR count). The number of likely N-dealkylation sites (tertiary alicyclic amines) is 1. The molecule has 1 saturated heterocycles. The zero-order valence-corrected chi connectivity index (χ0v) is 29.6. The second-order valence-corrected chi connectivity index (χ2v) is 15.1. The standard InChI is InChI=1S/C36H56N4O7/c1-8-45-31(41)27-25-37(24-26-16-12-10-9-11-13-17-26)21-20-28(27)40-30-19-15-14-18-29(30)38(32(40)42)22-23-39(33(43)46-35(2,3)4)34(44)47-36(5,6)7/h14-15,18-19,26-28H,8-13,16-17,20-25H2,1-7H3/t27-,28+/m0/s1. The van der Waals surface area contributed by atoms with E-state index in [0.29, 0.717) is 29.9 Å². The van der Waals surface area contributed by atoms with Crippen LogP contribution < -0.4 is 5.69 Å². The maximum Gasteiger partial charge on any atom is 0.419 e. The third kappa shape index (κ3) is 9.84. The quantitative estimate of drug-likeness (QED) is 0.226. The molecule has 11 heteroatoms. The van der Waals surface area contributed by atoms with Crippen molar-refractivity contribution in [2.24, 2.45) is 11.8 Å². The number of fused-ring (bicyclic) bond motifs is 1. The average Bonchev–Trinajstić information content (AvgIpc) is 3.23. The highest BCUT2D eigenvalue weighted by atomic mass is 16.6. The Kier molecular flexibility index (Phi) is 12.2. The summed E-state index contributed by atoms with van der Waals surface area (Å²) in [6, 6.07) is 7.06. The van der Waals surface area contributed by atoms with Crippen LogP contribution in [0.1, 0.15) is 106 Å². The van der Waals surface area contributed by atoms with Gasteiger partial charge in [-0.15, -0.1) is 0 Å². The average molecular weight is 657 g/mol. The van der Waals surface area contributed by atoms with E-state index in [0.717, 1.165) is 18.0 Å². The van der Waals surface area contributed by atoms with Gasteiger partial charge in [0.05, 0.1) is 36.1 Å². The number of imide groups is 1. The molecular formula is C36H56N4O7. The van der Waals surface area contributed by atoms with Crippen molar-refractivity contribution in [2.45, 2.75) is 124 Å². The van der Waals surface area contributed by atoms with Gasteiger partial charge in [0.1, 0.15) is 11.2 Å². The van der Waals surface area contributed by atoms with Gasteiger partial charge in [0.15, 0.2) is 0 Å². The van der Waals surface area contributed by atoms with E-state index in [2.05, 4.69) is 4.90 Å². The lowest BCUT2D eigenvalue weighted by Gasteiger charge is -2.39. The maximum absolute atomic E-state index is 14.3. The SMILES string of the molecule is CCOC(=O)[C@H]1CN(CC2CCCCCCC2)CC[C@H]1n1c(=O)n(CCN(C(=O)OC(C)(C)C)C(=O)OC(C)(C)C)c2ccccc21. The van der Waals surface area contributed by atoms with Crippen molar-refractivity contribution in [1.82, 2.24) is 18.9 Å². The van der Waals surface area contributed by atoms with Gasteiger partial charge in [0.2, 0.25) is 0 Å². The van der Waals surface area contributed by atoms with Crippen molar-refractivity contribution < 1.29 is 28.6 Å². The predicted molar refractivity (Wildman–Crippen MR) is 181 cm³/mol. The highest BCUT2D eigenvalue weighted by Crippen LogP contribution is 2.33. The number of nitrogens with zero attached hydrogens (tertiary/aromatic N) is 4. The van der Waals surface area contributed by atoms with Crippen LogP contribution in [0.15, 0.2) is 29.1 Å². The molecular weight excluding hydrogens is 600 g/mol. The minimum absolute atomic E-state index is 0.0232. The highest BCUT2D eigenvalue weighted by molar-refractivity contribution is 5.88. The number of benzene rings is 1. The number of rotatable bonds is 8. The normalized spacial score (nSPS) is 20.3. The fourth-order valence-corrected chi connectivity index (χ4v) is 6.91. The first-order chi connectivity index (χ1) is 22.2. The molecule has 0 radical (unpaired) electrons. The molecule has 0 bridgehead atoms. The largest absolute Gasteiger partial charge is 0.466 e. The van der Waals surface area contributed by atoms with Crippen molar-refractivity contribution in [3.8, 4) is 0 Å². The molecule has 1 aliphatic heterocycles. The molecule has 2 fully saturated rings. The van der Waals surface area contributed by atoms with Crippen molar-refractivity contribution in [1.29, 1.82) is 0 Å². The number of para-hydroxylation sites is 2. The highest BCUT2D eigenvalue weighted by Gasteiger charge is 2.39. The van der Waals surface area contributed by atoms with Crippen LogP contribution in [-0.4, -0.2) is 81.1 Å². The van der Waals surface area contributed by atoms with Crippen molar-refractivity contribution in [2.75, 3.05) is 32.8 Å². The molecule has 0 spiro atoms. The number of imidazole rings is 1. The molecule has 1 aromatic carbocycles. The van der Waals surface area contributed by atoms with Crippen LogP contribution in [0.4, 0.5) is 9.59 Å². The number of piperidine rings is 1. The number of hydrogen-bond donors (Lipinski definition) is 0. The van der Waals surface area contributed by atoms with E-state index in [4.69, 9.17) is 14.2 Å². The van der Waals surface area contributed by atoms with Gasteiger partial charge in [0.25, 0.3) is 0 Å². The summed E-state index contributed by atoms with van der Waals surface area (Å²) in [6.45, 7) is 14.6. The summed E-state index contributed by atoms with van der Waals surface area (Å²) in [5.41, 5.74) is -0.614. The van der Waals surface area contributed by atoms with Crippen LogP contribution in [-0.2, 0) is 25.5 Å². The first-order valence-electron chi connectivity index (χ1n) is 17.5. The number of carbonyl (C=O) groups is 3. The maximum atomic E-state index is 14.3. The van der Waals surface area contributed by atoms with Gasteiger partial charge >= 0.3 is 23.8 Å². The first-order valence-corrected chi connectivity index (χ1v) is 17.5. The summed E-state index contributed by atoms with van der Waals surface area (Å²) in [6.07, 6.45) is 7.82. The zero-order chi connectivity index (χ0) is 34.4. The van der Waals surface area contributed by atoms with E-state index in [9.17, 15) is 19.2 Å². The lowest BCUT2D eigenvalue weighted by atomic mass is 9.88. The molecule has 47 heavy (non-hydrogen) atoms. The molecule has 2 heterocycles. The van der Waals surface area contributed by atoms with Gasteiger partial charge in [-0.25, -0.2) is 19.3 Å². The Labute approximate surface area is 279 Å². The van der Waals surface area contributed by atoms with E-state index >= 15 is 0 Å². The van der Waals surface area contributed by atoms with Crippen molar-refractivity contribution in [3.63, 3.8) is 0 Å². The molecule has 1 aliphatic carbocycles. The molecule has 262 valence electrons. The molecule has 2 atom stereocenters. The van der Waals surface area contributed by atoms with E-state index in [-0.39, 0.29) is 31.4 Å². The topological polar surface area (TPSA) is 112 Å². The lowest BCUT2D eigenvalue weighted by molar-refractivity contribution is -0.152. The Hall–Kier alpha value is -3.34. The van der Waals surface area contributed by atoms with E-state index in [1.54, 1.807) is 57.6 Å². The minimum Gasteiger partial charge on any atom is -0.466 e. The molecule has 0 N–H and O–H groups in total. The van der Waals surface area contributed by atoms with Gasteiger partial charge in [0, 0.05) is 26.2 Å². The summed E-state index contributed by atoms with van der Waals surface area (Å²) in [4.78, 5) is 57.4. The fourth-order valence-electron chi connectivity index (χ4n) is 6.91. The molecule has 0 unspecified atom stereocenters. The van der Waals surface area contributed by atoms with Crippen LogP contribution in [0.3, 0.4) is 0 Å². The fraction of sp³-hybridized carbons (Fsp3) is 0.722. The van der Waals surface area contributed by atoms with Gasteiger partial charge in [-0.1, -0.05) is 44.2 Å². The van der Waals surface area contributed by atoms with Gasteiger partial charge in [-0.05, 0) is 85.8 Å². The van der Waals surface area contributed by atoms with Gasteiger partial charge in [-0.2, -0.15) is 0 Å². The summed E-state index contributed by atoms with van der Waals surface area (Å²) >= 11 is 0. The Morgan fingerprint density at radius 1 is 0.851 bits per heavy atom. The Morgan fingerprint density at radius 3 is 2.00 bits per heavy atom. The van der Waals surface area contributed by atoms with Crippen LogP contribution >= 0.6 is 0 Å². The number of esters is 1. The summed E-state index contributed by atoms with van der Waals surface area (Å²) in [7, 11) is 0. The van der Waals surface area contributed by atoms with Crippen LogP contribution in [0.25, 0.3) is 11.0 Å². The third-order valence-electron chi connectivity index (χ3n) is 8.97. The third-order valence-corrected chi connectivity index (χ3v) is 8.97. The number of hydrogen-bond acceptors (Lipinski definition) is 8. The molecule has 2 aromatic rings. The van der Waals surface area contributed by atoms with E-state index in [1.807, 2.05) is 24.3 Å². The van der Waals surface area contributed by atoms with Gasteiger partial charge in [-0.3, -0.25) is 13.9 Å². The Balaban J connectivity index is 1.63. The monoisotopic (exact) mass is 656 g/mol. The second kappa shape index (κ2) is 15.7.